The van der Waals surface area contributed by atoms with Gasteiger partial charge in [0.05, 0.1) is 0 Å². The van der Waals surface area contributed by atoms with Crippen molar-refractivity contribution in [3.63, 3.8) is 0 Å². The second-order valence-corrected chi connectivity index (χ2v) is 6.15. The molecule has 2 amide bonds. The number of amides is 2. The molecule has 4 nitrogen and oxygen atoms in total. The molecule has 1 heterocycles. The van der Waals surface area contributed by atoms with Crippen LogP contribution in [0.4, 0.5) is 0 Å². The lowest BCUT2D eigenvalue weighted by Crippen LogP contribution is -2.45. The maximum atomic E-state index is 12.5. The predicted molar refractivity (Wildman–Crippen MR) is 81.9 cm³/mol. The fourth-order valence-corrected chi connectivity index (χ4v) is 2.90. The predicted octanol–water partition coefficient (Wildman–Crippen LogP) is 1.98. The van der Waals surface area contributed by atoms with Crippen LogP contribution in [0, 0.1) is 3.57 Å². The van der Waals surface area contributed by atoms with Crippen LogP contribution in [0.5, 0.6) is 0 Å². The molecular weight excluding hydrogens is 355 g/mol. The van der Waals surface area contributed by atoms with Crippen molar-refractivity contribution in [3.8, 4) is 0 Å². The molecule has 2 rings (SSSR count). The number of hydrogen-bond acceptors (Lipinski definition) is 2. The van der Waals surface area contributed by atoms with Gasteiger partial charge in [0.2, 0.25) is 5.91 Å². The maximum Gasteiger partial charge on any atom is 0.254 e. The largest absolute Gasteiger partial charge is 0.347 e. The number of rotatable bonds is 2. The quantitative estimate of drug-likeness (QED) is 0.745. The number of carbonyl (C=O) groups excluding carboxylic acids is 2. The van der Waals surface area contributed by atoms with Gasteiger partial charge in [-0.2, -0.15) is 0 Å². The number of nitrogens with zero attached hydrogens (tertiary/aromatic N) is 2. The van der Waals surface area contributed by atoms with Crippen molar-refractivity contribution in [1.82, 2.24) is 9.80 Å². The Bertz CT molecular complexity index is 502. The average Bonchev–Trinajstić information content (AvgIpc) is 2.85. The lowest BCUT2D eigenvalue weighted by Gasteiger charge is -2.26. The summed E-state index contributed by atoms with van der Waals surface area (Å²) in [7, 11) is 3.46. The van der Waals surface area contributed by atoms with E-state index in [4.69, 9.17) is 0 Å². The van der Waals surface area contributed by atoms with E-state index in [0.29, 0.717) is 12.1 Å². The molecule has 0 bridgehead atoms. The van der Waals surface area contributed by atoms with Gasteiger partial charge < -0.3 is 9.80 Å². The van der Waals surface area contributed by atoms with E-state index in [0.717, 1.165) is 16.4 Å². The first-order chi connectivity index (χ1) is 9.00. The van der Waals surface area contributed by atoms with E-state index in [9.17, 15) is 9.59 Å². The molecule has 0 aliphatic carbocycles. The minimum atomic E-state index is -0.305. The van der Waals surface area contributed by atoms with Gasteiger partial charge in [0.1, 0.15) is 6.04 Å². The molecule has 0 N–H and O–H groups in total. The third kappa shape index (κ3) is 3.08. The fourth-order valence-electron chi connectivity index (χ4n) is 2.35. The summed E-state index contributed by atoms with van der Waals surface area (Å²) in [5, 5.41) is 0. The van der Waals surface area contributed by atoms with Crippen molar-refractivity contribution < 1.29 is 9.59 Å². The van der Waals surface area contributed by atoms with Gasteiger partial charge in [-0.05, 0) is 53.6 Å². The number of likely N-dealkylation sites (N-methyl/N-ethyl adjacent to an activating group) is 1. The molecule has 5 heteroatoms. The molecular formula is C14H17IN2O2. The lowest BCUT2D eigenvalue weighted by molar-refractivity contribution is -0.132. The smallest absolute Gasteiger partial charge is 0.254 e. The van der Waals surface area contributed by atoms with Gasteiger partial charge in [0, 0.05) is 29.8 Å². The molecule has 1 aliphatic rings. The van der Waals surface area contributed by atoms with Crippen molar-refractivity contribution in [3.05, 3.63) is 33.4 Å². The molecule has 1 saturated heterocycles. The summed E-state index contributed by atoms with van der Waals surface area (Å²) in [4.78, 5) is 27.8. The molecule has 1 aromatic carbocycles. The molecule has 1 aromatic rings. The second-order valence-electron chi connectivity index (χ2n) is 4.90. The first kappa shape index (κ1) is 14.3. The molecule has 0 spiro atoms. The van der Waals surface area contributed by atoms with E-state index in [-0.39, 0.29) is 17.9 Å². The van der Waals surface area contributed by atoms with E-state index in [1.807, 2.05) is 18.2 Å². The zero-order chi connectivity index (χ0) is 14.0. The van der Waals surface area contributed by atoms with Gasteiger partial charge in [-0.15, -0.1) is 0 Å². The first-order valence-electron chi connectivity index (χ1n) is 6.28. The van der Waals surface area contributed by atoms with Crippen molar-refractivity contribution in [2.24, 2.45) is 0 Å². The Morgan fingerprint density at radius 3 is 2.74 bits per heavy atom. The highest BCUT2D eigenvalue weighted by atomic mass is 127. The van der Waals surface area contributed by atoms with Gasteiger partial charge in [0.15, 0.2) is 0 Å². The summed E-state index contributed by atoms with van der Waals surface area (Å²) < 4.78 is 1.03. The highest BCUT2D eigenvalue weighted by molar-refractivity contribution is 14.1. The summed E-state index contributed by atoms with van der Waals surface area (Å²) >= 11 is 2.19. The summed E-state index contributed by atoms with van der Waals surface area (Å²) in [6.07, 6.45) is 1.65. The van der Waals surface area contributed by atoms with Crippen molar-refractivity contribution in [2.45, 2.75) is 18.9 Å². The summed E-state index contributed by atoms with van der Waals surface area (Å²) in [6, 6.07) is 7.18. The lowest BCUT2D eigenvalue weighted by atomic mass is 10.1. The van der Waals surface area contributed by atoms with E-state index < -0.39 is 0 Å². The maximum absolute atomic E-state index is 12.5. The Balaban J connectivity index is 2.21. The second kappa shape index (κ2) is 5.90. The summed E-state index contributed by atoms with van der Waals surface area (Å²) in [5.41, 5.74) is 0.658. The molecule has 0 radical (unpaired) electrons. The fraction of sp³-hybridized carbons (Fsp3) is 0.429. The van der Waals surface area contributed by atoms with Crippen LogP contribution in [0.2, 0.25) is 0 Å². The molecule has 102 valence electrons. The zero-order valence-electron chi connectivity index (χ0n) is 11.1. The zero-order valence-corrected chi connectivity index (χ0v) is 13.3. The molecule has 0 aromatic heterocycles. The number of carbonyl (C=O) groups is 2. The Kier molecular flexibility index (Phi) is 4.44. The van der Waals surface area contributed by atoms with E-state index in [2.05, 4.69) is 22.6 Å². The third-order valence-electron chi connectivity index (χ3n) is 3.31. The number of hydrogen-bond donors (Lipinski definition) is 0. The Labute approximate surface area is 126 Å². The van der Waals surface area contributed by atoms with Crippen molar-refractivity contribution in [1.29, 1.82) is 0 Å². The van der Waals surface area contributed by atoms with Crippen molar-refractivity contribution >= 4 is 34.4 Å². The Morgan fingerprint density at radius 2 is 2.11 bits per heavy atom. The molecule has 1 fully saturated rings. The number of benzene rings is 1. The van der Waals surface area contributed by atoms with Gasteiger partial charge in [-0.3, -0.25) is 9.59 Å². The number of halogens is 1. The Hall–Kier alpha value is -1.11. The summed E-state index contributed by atoms with van der Waals surface area (Å²) in [6.45, 7) is 0.661. The van der Waals surface area contributed by atoms with Gasteiger partial charge in [-0.25, -0.2) is 0 Å². The molecule has 0 saturated carbocycles. The van der Waals surface area contributed by atoms with Crippen LogP contribution in [-0.2, 0) is 4.79 Å². The van der Waals surface area contributed by atoms with Crippen LogP contribution < -0.4 is 0 Å². The standard InChI is InChI=1S/C14H17IN2O2/c1-16(2)14(19)12-7-4-8-17(12)13(18)10-5-3-6-11(15)9-10/h3,5-6,9,12H,4,7-8H2,1-2H3. The molecule has 19 heavy (non-hydrogen) atoms. The molecule has 1 unspecified atom stereocenters. The summed E-state index contributed by atoms with van der Waals surface area (Å²) in [5.74, 6) is -0.0345. The highest BCUT2D eigenvalue weighted by Gasteiger charge is 2.35. The van der Waals surface area contributed by atoms with Gasteiger partial charge in [0.25, 0.3) is 5.91 Å². The van der Waals surface area contributed by atoms with Crippen LogP contribution in [0.1, 0.15) is 23.2 Å². The minimum Gasteiger partial charge on any atom is -0.347 e. The van der Waals surface area contributed by atoms with Gasteiger partial charge >= 0.3 is 0 Å². The SMILES string of the molecule is CN(C)C(=O)C1CCCN1C(=O)c1cccc(I)c1. The van der Waals surface area contributed by atoms with E-state index in [1.54, 1.807) is 30.0 Å². The van der Waals surface area contributed by atoms with Crippen LogP contribution in [0.3, 0.4) is 0 Å². The van der Waals surface area contributed by atoms with E-state index >= 15 is 0 Å². The minimum absolute atomic E-state index is 0.0106. The van der Waals surface area contributed by atoms with Crippen LogP contribution in [0.15, 0.2) is 24.3 Å². The van der Waals surface area contributed by atoms with E-state index in [1.165, 1.54) is 0 Å². The van der Waals surface area contributed by atoms with Gasteiger partial charge in [-0.1, -0.05) is 6.07 Å². The molecule has 1 aliphatic heterocycles. The molecule has 1 atom stereocenters. The normalized spacial score (nSPS) is 18.5. The Morgan fingerprint density at radius 1 is 1.37 bits per heavy atom. The topological polar surface area (TPSA) is 40.6 Å². The van der Waals surface area contributed by atoms with Crippen LogP contribution in [0.25, 0.3) is 0 Å². The number of likely N-dealkylation sites (tertiary alicyclic amines) is 1. The van der Waals surface area contributed by atoms with Crippen LogP contribution in [-0.4, -0.2) is 48.3 Å². The highest BCUT2D eigenvalue weighted by Crippen LogP contribution is 2.22. The van der Waals surface area contributed by atoms with Crippen LogP contribution >= 0.6 is 22.6 Å². The van der Waals surface area contributed by atoms with Crippen molar-refractivity contribution in [2.75, 3.05) is 20.6 Å². The third-order valence-corrected chi connectivity index (χ3v) is 3.98. The first-order valence-corrected chi connectivity index (χ1v) is 7.36. The monoisotopic (exact) mass is 372 g/mol. The average molecular weight is 372 g/mol.